The summed E-state index contributed by atoms with van der Waals surface area (Å²) in [7, 11) is 0. The van der Waals surface area contributed by atoms with E-state index >= 15 is 0 Å². The third-order valence-electron chi connectivity index (χ3n) is 7.55. The van der Waals surface area contributed by atoms with Crippen LogP contribution in [-0.2, 0) is 4.79 Å². The number of carbonyl (C=O) groups is 1. The summed E-state index contributed by atoms with van der Waals surface area (Å²) in [5, 5.41) is 0. The van der Waals surface area contributed by atoms with Crippen LogP contribution >= 0.6 is 0 Å². The molecule has 4 rings (SSSR count). The number of ketones is 1. The summed E-state index contributed by atoms with van der Waals surface area (Å²) in [4.78, 5) is 11.7. The van der Waals surface area contributed by atoms with Gasteiger partial charge < -0.3 is 0 Å². The van der Waals surface area contributed by atoms with E-state index in [0.717, 1.165) is 18.4 Å². The molecule has 0 bridgehead atoms. The zero-order chi connectivity index (χ0) is 18.9. The molecular formula is C20H23F5O. The molecule has 0 radical (unpaired) electrons. The van der Waals surface area contributed by atoms with Crippen molar-refractivity contribution in [3.8, 4) is 0 Å². The molecule has 2 saturated carbocycles. The standard InChI is InChI=1S/C20H23F5O/c1-18-9-8-14-13-5-3-12(26)10-11(13)2-4-15(14)16(18)6-7-17(18)19(21,22)20(23,24)25/h10,15-17H,2-9H2,1H3/t15-,16+,17+,18+/m1/s1. The van der Waals surface area contributed by atoms with Crippen LogP contribution in [0.15, 0.2) is 22.8 Å². The van der Waals surface area contributed by atoms with Crippen molar-refractivity contribution >= 4 is 5.78 Å². The van der Waals surface area contributed by atoms with E-state index in [1.165, 1.54) is 11.1 Å². The highest BCUT2D eigenvalue weighted by molar-refractivity contribution is 5.93. The van der Waals surface area contributed by atoms with Crippen molar-refractivity contribution in [3.63, 3.8) is 0 Å². The highest BCUT2D eigenvalue weighted by atomic mass is 19.4. The highest BCUT2D eigenvalue weighted by Crippen LogP contribution is 2.66. The second-order valence-corrected chi connectivity index (χ2v) is 8.65. The first-order valence-corrected chi connectivity index (χ1v) is 9.46. The minimum Gasteiger partial charge on any atom is -0.295 e. The van der Waals surface area contributed by atoms with Gasteiger partial charge in [-0.1, -0.05) is 12.5 Å². The average Bonchev–Trinajstić information content (AvgIpc) is 2.91. The smallest absolute Gasteiger partial charge is 0.295 e. The average molecular weight is 374 g/mol. The summed E-state index contributed by atoms with van der Waals surface area (Å²) in [5.74, 6) is -6.14. The van der Waals surface area contributed by atoms with Gasteiger partial charge in [-0.2, -0.15) is 22.0 Å². The Morgan fingerprint density at radius 3 is 2.42 bits per heavy atom. The molecule has 26 heavy (non-hydrogen) atoms. The Bertz CT molecular complexity index is 701. The van der Waals surface area contributed by atoms with Gasteiger partial charge in [0.2, 0.25) is 0 Å². The molecule has 0 amide bonds. The fourth-order valence-corrected chi connectivity index (χ4v) is 6.32. The molecule has 0 aliphatic heterocycles. The molecule has 2 fully saturated rings. The van der Waals surface area contributed by atoms with Gasteiger partial charge in [-0.15, -0.1) is 0 Å². The monoisotopic (exact) mass is 374 g/mol. The summed E-state index contributed by atoms with van der Waals surface area (Å²) in [6.45, 7) is 1.66. The summed E-state index contributed by atoms with van der Waals surface area (Å²) < 4.78 is 67.4. The number of alkyl halides is 5. The van der Waals surface area contributed by atoms with Gasteiger partial charge in [0.05, 0.1) is 0 Å². The van der Waals surface area contributed by atoms with Crippen LogP contribution in [0.4, 0.5) is 22.0 Å². The van der Waals surface area contributed by atoms with E-state index in [0.29, 0.717) is 32.1 Å². The summed E-state index contributed by atoms with van der Waals surface area (Å²) in [6.07, 6.45) is 0.248. The molecular weight excluding hydrogens is 351 g/mol. The van der Waals surface area contributed by atoms with Crippen molar-refractivity contribution in [3.05, 3.63) is 22.8 Å². The van der Waals surface area contributed by atoms with Crippen LogP contribution in [0, 0.1) is 23.2 Å². The molecule has 0 heterocycles. The Kier molecular flexibility index (Phi) is 3.95. The maximum atomic E-state index is 14.2. The molecule has 0 aromatic heterocycles. The molecule has 144 valence electrons. The van der Waals surface area contributed by atoms with Crippen LogP contribution in [0.2, 0.25) is 0 Å². The first-order chi connectivity index (χ1) is 12.1. The summed E-state index contributed by atoms with van der Waals surface area (Å²) in [5.41, 5.74) is 2.55. The van der Waals surface area contributed by atoms with Crippen molar-refractivity contribution in [1.82, 2.24) is 0 Å². The van der Waals surface area contributed by atoms with Crippen molar-refractivity contribution < 1.29 is 26.7 Å². The van der Waals surface area contributed by atoms with E-state index in [4.69, 9.17) is 0 Å². The summed E-state index contributed by atoms with van der Waals surface area (Å²) in [6, 6.07) is 0. The first-order valence-electron chi connectivity index (χ1n) is 9.46. The SMILES string of the molecule is C[C@]12CCC3=C4CCC(=O)C=C4CC[C@H]3[C@@H]1CC[C@@H]2C(F)(F)C(F)(F)F. The Balaban J connectivity index is 1.69. The lowest BCUT2D eigenvalue weighted by Gasteiger charge is -2.50. The fourth-order valence-electron chi connectivity index (χ4n) is 6.32. The van der Waals surface area contributed by atoms with E-state index < -0.39 is 23.4 Å². The van der Waals surface area contributed by atoms with E-state index in [-0.39, 0.29) is 24.0 Å². The molecule has 1 nitrogen and oxygen atoms in total. The Labute approximate surface area is 149 Å². The maximum absolute atomic E-state index is 14.2. The molecule has 0 aromatic carbocycles. The predicted molar refractivity (Wildman–Crippen MR) is 86.6 cm³/mol. The zero-order valence-corrected chi connectivity index (χ0v) is 14.8. The Hall–Kier alpha value is -1.20. The molecule has 0 saturated heterocycles. The Morgan fingerprint density at radius 1 is 1.00 bits per heavy atom. The van der Waals surface area contributed by atoms with E-state index in [1.807, 2.05) is 0 Å². The molecule has 0 aromatic rings. The number of allylic oxidation sites excluding steroid dienone is 4. The van der Waals surface area contributed by atoms with Gasteiger partial charge in [-0.25, -0.2) is 0 Å². The van der Waals surface area contributed by atoms with Crippen molar-refractivity contribution in [2.24, 2.45) is 23.2 Å². The number of halogens is 5. The van der Waals surface area contributed by atoms with Crippen molar-refractivity contribution in [2.45, 2.75) is 70.4 Å². The van der Waals surface area contributed by atoms with Gasteiger partial charge in [0.25, 0.3) is 0 Å². The van der Waals surface area contributed by atoms with Gasteiger partial charge >= 0.3 is 12.1 Å². The van der Waals surface area contributed by atoms with Gasteiger partial charge in [0.15, 0.2) is 5.78 Å². The molecule has 0 unspecified atom stereocenters. The maximum Gasteiger partial charge on any atom is 0.453 e. The van der Waals surface area contributed by atoms with Gasteiger partial charge in [0, 0.05) is 12.3 Å². The summed E-state index contributed by atoms with van der Waals surface area (Å²) >= 11 is 0. The van der Waals surface area contributed by atoms with Gasteiger partial charge in [-0.05, 0) is 79.4 Å². The minimum atomic E-state index is -5.49. The van der Waals surface area contributed by atoms with Gasteiger partial charge in [0.1, 0.15) is 0 Å². The fraction of sp³-hybridized carbons (Fsp3) is 0.750. The number of rotatable bonds is 1. The normalized spacial score (nSPS) is 37.8. The minimum absolute atomic E-state index is 0.0615. The second-order valence-electron chi connectivity index (χ2n) is 8.65. The van der Waals surface area contributed by atoms with Crippen molar-refractivity contribution in [1.29, 1.82) is 0 Å². The van der Waals surface area contributed by atoms with E-state index in [9.17, 15) is 26.7 Å². The van der Waals surface area contributed by atoms with Crippen LogP contribution in [0.1, 0.15) is 58.3 Å². The highest BCUT2D eigenvalue weighted by Gasteiger charge is 2.70. The van der Waals surface area contributed by atoms with Crippen LogP contribution in [0.5, 0.6) is 0 Å². The van der Waals surface area contributed by atoms with Gasteiger partial charge in [-0.3, -0.25) is 4.79 Å². The lowest BCUT2D eigenvalue weighted by molar-refractivity contribution is -0.314. The quantitative estimate of drug-likeness (QED) is 0.514. The largest absolute Gasteiger partial charge is 0.453 e. The molecule has 4 atom stereocenters. The topological polar surface area (TPSA) is 17.1 Å². The molecule has 4 aliphatic rings. The van der Waals surface area contributed by atoms with Crippen LogP contribution in [0.25, 0.3) is 0 Å². The molecule has 0 spiro atoms. The van der Waals surface area contributed by atoms with Crippen LogP contribution in [0.3, 0.4) is 0 Å². The van der Waals surface area contributed by atoms with E-state index in [2.05, 4.69) is 0 Å². The predicted octanol–water partition coefficient (Wildman–Crippen LogP) is 6.01. The van der Waals surface area contributed by atoms with Crippen LogP contribution in [-0.4, -0.2) is 17.9 Å². The lowest BCUT2D eigenvalue weighted by atomic mass is 9.55. The number of hydrogen-bond donors (Lipinski definition) is 0. The molecule has 6 heteroatoms. The third kappa shape index (κ3) is 2.43. The number of hydrogen-bond acceptors (Lipinski definition) is 1. The van der Waals surface area contributed by atoms with Crippen LogP contribution < -0.4 is 0 Å². The number of fused-ring (bicyclic) bond motifs is 4. The van der Waals surface area contributed by atoms with E-state index in [1.54, 1.807) is 13.0 Å². The molecule has 4 aliphatic carbocycles. The second kappa shape index (κ2) is 5.65. The van der Waals surface area contributed by atoms with Crippen molar-refractivity contribution in [2.75, 3.05) is 0 Å². The molecule has 0 N–H and O–H groups in total. The zero-order valence-electron chi connectivity index (χ0n) is 14.8. The lowest BCUT2D eigenvalue weighted by Crippen LogP contribution is -2.51. The number of carbonyl (C=O) groups excluding carboxylic acids is 1. The Morgan fingerprint density at radius 2 is 1.73 bits per heavy atom. The third-order valence-corrected chi connectivity index (χ3v) is 7.55. The first kappa shape index (κ1) is 18.2.